The summed E-state index contributed by atoms with van der Waals surface area (Å²) in [6.45, 7) is 10.4. The van der Waals surface area contributed by atoms with E-state index in [4.69, 9.17) is 14.3 Å². The number of rotatable bonds is 3. The van der Waals surface area contributed by atoms with Crippen LogP contribution in [0.15, 0.2) is 23.0 Å². The van der Waals surface area contributed by atoms with E-state index in [1.165, 1.54) is 7.11 Å². The number of ether oxygens (including phenoxy) is 2. The molecule has 8 heteroatoms. The van der Waals surface area contributed by atoms with E-state index in [0.29, 0.717) is 62.2 Å². The molecular formula is C29H34N2O6. The van der Waals surface area contributed by atoms with Crippen LogP contribution in [0.4, 0.5) is 4.79 Å². The number of ketones is 1. The Labute approximate surface area is 218 Å². The van der Waals surface area contributed by atoms with Gasteiger partial charge in [-0.05, 0) is 81.7 Å². The second-order valence-electron chi connectivity index (χ2n) is 10.8. The Hall–Kier alpha value is -3.60. The number of amides is 1. The Bertz CT molecular complexity index is 1250. The van der Waals surface area contributed by atoms with Crippen molar-refractivity contribution in [3.8, 4) is 11.8 Å². The topological polar surface area (TPSA) is 94.5 Å². The van der Waals surface area contributed by atoms with Crippen LogP contribution < -0.4 is 0 Å². The van der Waals surface area contributed by atoms with Crippen LogP contribution in [-0.4, -0.2) is 54.3 Å². The summed E-state index contributed by atoms with van der Waals surface area (Å²) in [6.07, 6.45) is 1.59. The molecule has 1 saturated heterocycles. The van der Waals surface area contributed by atoms with Gasteiger partial charge in [-0.25, -0.2) is 4.79 Å². The molecule has 0 aromatic heterocycles. The summed E-state index contributed by atoms with van der Waals surface area (Å²) < 4.78 is 10.4. The van der Waals surface area contributed by atoms with Crippen molar-refractivity contribution in [2.24, 2.45) is 10.6 Å². The van der Waals surface area contributed by atoms with Crippen molar-refractivity contribution in [1.29, 1.82) is 0 Å². The molecule has 0 unspecified atom stereocenters. The Balaban J connectivity index is 1.61. The molecular weight excluding hydrogens is 472 g/mol. The van der Waals surface area contributed by atoms with Gasteiger partial charge in [-0.3, -0.25) is 9.59 Å². The Morgan fingerprint density at radius 2 is 1.73 bits per heavy atom. The third kappa shape index (κ3) is 5.41. The Morgan fingerprint density at radius 3 is 2.27 bits per heavy atom. The van der Waals surface area contributed by atoms with Crippen molar-refractivity contribution >= 4 is 29.1 Å². The first-order chi connectivity index (χ1) is 17.5. The standard InChI is InChI=1S/C29H34N2O6/c1-7-8-20-13-18(2)24(19(3)14-20)25-22(32)16-29(17-23(25)36-27(34)35-6)9-11-31(12-10-29)26(33)21-15-28(4,5)37-30-21/h13-14H,9-12,15-17H2,1-6H3. The van der Waals surface area contributed by atoms with Gasteiger partial charge in [0.05, 0.1) is 12.7 Å². The molecule has 4 rings (SSSR count). The lowest BCUT2D eigenvalue weighted by molar-refractivity contribution is -0.127. The van der Waals surface area contributed by atoms with E-state index in [1.54, 1.807) is 11.8 Å². The first kappa shape index (κ1) is 26.5. The predicted octanol–water partition coefficient (Wildman–Crippen LogP) is 4.70. The summed E-state index contributed by atoms with van der Waals surface area (Å²) in [5.41, 5.74) is 3.42. The van der Waals surface area contributed by atoms with Crippen LogP contribution in [0.2, 0.25) is 0 Å². The van der Waals surface area contributed by atoms with Gasteiger partial charge in [-0.2, -0.15) is 0 Å². The summed E-state index contributed by atoms with van der Waals surface area (Å²) in [6, 6.07) is 3.89. The van der Waals surface area contributed by atoms with Crippen LogP contribution in [-0.2, 0) is 23.9 Å². The molecule has 196 valence electrons. The van der Waals surface area contributed by atoms with Crippen molar-refractivity contribution in [2.45, 2.75) is 72.3 Å². The molecule has 0 atom stereocenters. The molecule has 1 aliphatic carbocycles. The molecule has 0 saturated carbocycles. The van der Waals surface area contributed by atoms with Crippen LogP contribution in [0.1, 0.15) is 75.1 Å². The van der Waals surface area contributed by atoms with Gasteiger partial charge in [0.2, 0.25) is 0 Å². The molecule has 1 fully saturated rings. The fourth-order valence-electron chi connectivity index (χ4n) is 5.64. The van der Waals surface area contributed by atoms with Crippen LogP contribution in [0.25, 0.3) is 5.57 Å². The number of likely N-dealkylation sites (tertiary alicyclic amines) is 1. The molecule has 8 nitrogen and oxygen atoms in total. The second kappa shape index (κ2) is 10.0. The van der Waals surface area contributed by atoms with E-state index in [-0.39, 0.29) is 11.7 Å². The molecule has 37 heavy (non-hydrogen) atoms. The minimum Gasteiger partial charge on any atom is -0.437 e. The van der Waals surface area contributed by atoms with Gasteiger partial charge in [-0.1, -0.05) is 11.1 Å². The van der Waals surface area contributed by atoms with Gasteiger partial charge in [-0.15, -0.1) is 5.92 Å². The number of benzene rings is 1. The summed E-state index contributed by atoms with van der Waals surface area (Å²) in [4.78, 5) is 46.1. The Morgan fingerprint density at radius 1 is 1.08 bits per heavy atom. The van der Waals surface area contributed by atoms with Gasteiger partial charge in [0.1, 0.15) is 17.1 Å². The van der Waals surface area contributed by atoms with Gasteiger partial charge in [0.25, 0.3) is 5.91 Å². The van der Waals surface area contributed by atoms with Crippen molar-refractivity contribution < 1.29 is 28.7 Å². The number of hydrogen-bond donors (Lipinski definition) is 0. The number of aryl methyl sites for hydroxylation is 2. The average molecular weight is 507 g/mol. The van der Waals surface area contributed by atoms with Crippen LogP contribution >= 0.6 is 0 Å². The number of nitrogens with zero attached hydrogens (tertiary/aromatic N) is 2. The summed E-state index contributed by atoms with van der Waals surface area (Å²) in [5.74, 6) is 6.11. The van der Waals surface area contributed by atoms with E-state index < -0.39 is 17.2 Å². The molecule has 3 aliphatic rings. The summed E-state index contributed by atoms with van der Waals surface area (Å²) >= 11 is 0. The normalized spacial score (nSPS) is 20.1. The molecule has 1 aromatic carbocycles. The molecule has 1 spiro atoms. The molecule has 1 amide bonds. The molecule has 1 aromatic rings. The SMILES string of the molecule is CC#Cc1cc(C)c(C2=C(OC(=O)OC)CC3(CCN(C(=O)C4=NOC(C)(C)C4)CC3)CC2=O)c(C)c1. The van der Waals surface area contributed by atoms with Gasteiger partial charge < -0.3 is 19.2 Å². The zero-order chi connectivity index (χ0) is 27.0. The second-order valence-corrected chi connectivity index (χ2v) is 10.8. The van der Waals surface area contributed by atoms with Crippen molar-refractivity contribution in [3.05, 3.63) is 40.1 Å². The van der Waals surface area contributed by atoms with E-state index in [0.717, 1.165) is 22.3 Å². The van der Waals surface area contributed by atoms with Gasteiger partial charge >= 0.3 is 6.16 Å². The summed E-state index contributed by atoms with van der Waals surface area (Å²) in [7, 11) is 1.25. The van der Waals surface area contributed by atoms with Gasteiger partial charge in [0.15, 0.2) is 5.78 Å². The number of carbonyl (C=O) groups excluding carboxylic acids is 3. The lowest BCUT2D eigenvalue weighted by Gasteiger charge is -2.44. The third-order valence-electron chi connectivity index (χ3n) is 7.41. The van der Waals surface area contributed by atoms with Crippen molar-refractivity contribution in [3.63, 3.8) is 0 Å². The number of allylic oxidation sites excluding steroid dienone is 2. The van der Waals surface area contributed by atoms with E-state index >= 15 is 0 Å². The van der Waals surface area contributed by atoms with Crippen LogP contribution in [0.5, 0.6) is 0 Å². The number of oxime groups is 1. The lowest BCUT2D eigenvalue weighted by Crippen LogP contribution is -2.47. The number of Topliss-reactive ketones (excluding diaryl/α,β-unsaturated/α-hetero) is 1. The monoisotopic (exact) mass is 506 g/mol. The number of hydrogen-bond acceptors (Lipinski definition) is 7. The van der Waals surface area contributed by atoms with Crippen LogP contribution in [0.3, 0.4) is 0 Å². The number of piperidine rings is 1. The first-order valence-corrected chi connectivity index (χ1v) is 12.6. The third-order valence-corrected chi connectivity index (χ3v) is 7.41. The minimum absolute atomic E-state index is 0.0687. The highest BCUT2D eigenvalue weighted by atomic mass is 16.7. The van der Waals surface area contributed by atoms with Crippen LogP contribution in [0, 0.1) is 31.1 Å². The highest BCUT2D eigenvalue weighted by Crippen LogP contribution is 2.48. The van der Waals surface area contributed by atoms with Gasteiger partial charge in [0, 0.05) is 37.9 Å². The van der Waals surface area contributed by atoms with E-state index in [1.807, 2.05) is 39.8 Å². The highest BCUT2D eigenvalue weighted by Gasteiger charge is 2.46. The quantitative estimate of drug-likeness (QED) is 0.436. The zero-order valence-electron chi connectivity index (χ0n) is 22.4. The van der Waals surface area contributed by atoms with Crippen molar-refractivity contribution in [1.82, 2.24) is 4.90 Å². The maximum absolute atomic E-state index is 13.7. The molecule has 2 heterocycles. The fourth-order valence-corrected chi connectivity index (χ4v) is 5.64. The van der Waals surface area contributed by atoms with E-state index in [9.17, 15) is 14.4 Å². The number of carbonyl (C=O) groups is 3. The highest BCUT2D eigenvalue weighted by molar-refractivity contribution is 6.39. The lowest BCUT2D eigenvalue weighted by atomic mass is 9.66. The largest absolute Gasteiger partial charge is 0.513 e. The smallest absolute Gasteiger partial charge is 0.437 e. The average Bonchev–Trinajstić information content (AvgIpc) is 3.20. The molecule has 0 N–H and O–H groups in total. The maximum Gasteiger partial charge on any atom is 0.513 e. The summed E-state index contributed by atoms with van der Waals surface area (Å²) in [5, 5.41) is 4.00. The minimum atomic E-state index is -0.851. The first-order valence-electron chi connectivity index (χ1n) is 12.6. The molecule has 0 radical (unpaired) electrons. The van der Waals surface area contributed by atoms with E-state index in [2.05, 4.69) is 17.0 Å². The number of methoxy groups -OCH3 is 1. The predicted molar refractivity (Wildman–Crippen MR) is 139 cm³/mol. The zero-order valence-corrected chi connectivity index (χ0v) is 22.4. The molecule has 2 aliphatic heterocycles. The Kier molecular flexibility index (Phi) is 7.18. The molecule has 0 bridgehead atoms. The van der Waals surface area contributed by atoms with Crippen molar-refractivity contribution in [2.75, 3.05) is 20.2 Å². The fraction of sp³-hybridized carbons (Fsp3) is 0.517. The maximum atomic E-state index is 13.7.